The fraction of sp³-hybridized carbons (Fsp3) is 0.200. The molecule has 0 saturated carbocycles. The maximum atomic E-state index is 11.9. The number of hydrogen-bond donors (Lipinski definition) is 2. The number of thiophene rings is 1. The summed E-state index contributed by atoms with van der Waals surface area (Å²) in [5.41, 5.74) is 1.52. The molecule has 5 nitrogen and oxygen atoms in total. The molecule has 3 aromatic rings. The Bertz CT molecular complexity index is 810. The summed E-state index contributed by atoms with van der Waals surface area (Å²) in [5.74, 6) is 1.40. The Labute approximate surface area is 125 Å². The number of rotatable bonds is 5. The van der Waals surface area contributed by atoms with E-state index in [9.17, 15) is 4.79 Å². The summed E-state index contributed by atoms with van der Waals surface area (Å²) in [4.78, 5) is 19.1. The maximum absolute atomic E-state index is 11.9. The molecule has 0 bridgehead atoms. The van der Waals surface area contributed by atoms with Gasteiger partial charge in [0.25, 0.3) is 5.56 Å². The lowest BCUT2D eigenvalue weighted by atomic mass is 10.3. The van der Waals surface area contributed by atoms with Gasteiger partial charge in [-0.05, 0) is 30.5 Å². The summed E-state index contributed by atoms with van der Waals surface area (Å²) in [6.45, 7) is 2.99. The van der Waals surface area contributed by atoms with Crippen LogP contribution in [0.5, 0.6) is 5.75 Å². The Morgan fingerprint density at radius 3 is 3.05 bits per heavy atom. The molecule has 0 atom stereocenters. The van der Waals surface area contributed by atoms with E-state index in [-0.39, 0.29) is 5.56 Å². The van der Waals surface area contributed by atoms with Gasteiger partial charge in [0.2, 0.25) is 0 Å². The van der Waals surface area contributed by atoms with E-state index in [0.29, 0.717) is 23.7 Å². The molecule has 0 aliphatic carbocycles. The quantitative estimate of drug-likeness (QED) is 0.760. The monoisotopic (exact) mass is 301 g/mol. The highest BCUT2D eigenvalue weighted by atomic mass is 32.1. The zero-order chi connectivity index (χ0) is 14.7. The minimum Gasteiger partial charge on any atom is -0.492 e. The number of benzene rings is 1. The second-order valence-corrected chi connectivity index (χ2v) is 5.35. The molecule has 0 spiro atoms. The Morgan fingerprint density at radius 1 is 1.33 bits per heavy atom. The number of aromatic amines is 1. The molecule has 0 aliphatic rings. The first-order valence-corrected chi connectivity index (χ1v) is 7.58. The van der Waals surface area contributed by atoms with E-state index in [2.05, 4.69) is 15.3 Å². The molecule has 3 rings (SSSR count). The normalized spacial score (nSPS) is 10.7. The highest BCUT2D eigenvalue weighted by molar-refractivity contribution is 7.17. The Hall–Kier alpha value is -2.34. The number of para-hydroxylation sites is 2. The summed E-state index contributed by atoms with van der Waals surface area (Å²) in [6.07, 6.45) is 0. The van der Waals surface area contributed by atoms with E-state index in [1.54, 1.807) is 0 Å². The number of H-pyrrole nitrogens is 1. The minimum absolute atomic E-state index is 0.0927. The van der Waals surface area contributed by atoms with Gasteiger partial charge in [0.05, 0.1) is 24.4 Å². The third-order valence-corrected chi connectivity index (χ3v) is 3.90. The van der Waals surface area contributed by atoms with Gasteiger partial charge in [0.15, 0.2) is 0 Å². The molecular weight excluding hydrogens is 286 g/mol. The number of fused-ring (bicyclic) bond motifs is 1. The maximum Gasteiger partial charge on any atom is 0.268 e. The molecule has 2 aromatic heterocycles. The molecular formula is C15H15N3O2S. The van der Waals surface area contributed by atoms with E-state index in [1.807, 2.05) is 42.6 Å². The van der Waals surface area contributed by atoms with Crippen molar-refractivity contribution >= 4 is 27.2 Å². The van der Waals surface area contributed by atoms with E-state index in [4.69, 9.17) is 4.74 Å². The Morgan fingerprint density at radius 2 is 2.19 bits per heavy atom. The second kappa shape index (κ2) is 5.97. The average molecular weight is 301 g/mol. The van der Waals surface area contributed by atoms with Crippen LogP contribution in [0.2, 0.25) is 0 Å². The molecule has 0 fully saturated rings. The van der Waals surface area contributed by atoms with Crippen LogP contribution in [0, 0.1) is 0 Å². The van der Waals surface area contributed by atoms with Crippen LogP contribution in [-0.2, 0) is 6.54 Å². The average Bonchev–Trinajstić information content (AvgIpc) is 2.96. The topological polar surface area (TPSA) is 67.0 Å². The lowest BCUT2D eigenvalue weighted by molar-refractivity contribution is 0.341. The summed E-state index contributed by atoms with van der Waals surface area (Å²) in [6, 6.07) is 9.56. The van der Waals surface area contributed by atoms with E-state index in [0.717, 1.165) is 17.0 Å². The van der Waals surface area contributed by atoms with Crippen LogP contribution in [0.4, 0.5) is 5.69 Å². The van der Waals surface area contributed by atoms with Crippen molar-refractivity contribution in [2.75, 3.05) is 11.9 Å². The molecule has 6 heteroatoms. The van der Waals surface area contributed by atoms with Crippen LogP contribution in [0.25, 0.3) is 10.2 Å². The highest BCUT2D eigenvalue weighted by Crippen LogP contribution is 2.24. The largest absolute Gasteiger partial charge is 0.492 e. The van der Waals surface area contributed by atoms with Gasteiger partial charge in [-0.3, -0.25) is 4.79 Å². The van der Waals surface area contributed by atoms with Gasteiger partial charge in [-0.2, -0.15) is 0 Å². The van der Waals surface area contributed by atoms with Crippen LogP contribution in [0.1, 0.15) is 12.7 Å². The van der Waals surface area contributed by atoms with Gasteiger partial charge in [-0.1, -0.05) is 12.1 Å². The summed E-state index contributed by atoms with van der Waals surface area (Å²) >= 11 is 1.40. The number of hydrogen-bond acceptors (Lipinski definition) is 5. The zero-order valence-corrected chi connectivity index (χ0v) is 12.4. The van der Waals surface area contributed by atoms with Gasteiger partial charge < -0.3 is 15.0 Å². The van der Waals surface area contributed by atoms with E-state index < -0.39 is 0 Å². The molecule has 1 aromatic carbocycles. The zero-order valence-electron chi connectivity index (χ0n) is 11.6. The van der Waals surface area contributed by atoms with Crippen molar-refractivity contribution in [3.63, 3.8) is 0 Å². The fourth-order valence-electron chi connectivity index (χ4n) is 2.08. The van der Waals surface area contributed by atoms with Crippen LogP contribution >= 0.6 is 11.3 Å². The molecule has 2 N–H and O–H groups in total. The van der Waals surface area contributed by atoms with Crippen LogP contribution < -0.4 is 15.6 Å². The van der Waals surface area contributed by atoms with Gasteiger partial charge in [-0.15, -0.1) is 11.3 Å². The summed E-state index contributed by atoms with van der Waals surface area (Å²) in [5, 5.41) is 5.11. The number of aromatic nitrogens is 2. The number of ether oxygens (including phenoxy) is 1. The molecule has 0 amide bonds. The van der Waals surface area contributed by atoms with Crippen molar-refractivity contribution < 1.29 is 4.74 Å². The van der Waals surface area contributed by atoms with E-state index >= 15 is 0 Å². The number of nitrogens with one attached hydrogen (secondary N) is 2. The molecule has 108 valence electrons. The van der Waals surface area contributed by atoms with Crippen molar-refractivity contribution in [2.24, 2.45) is 0 Å². The van der Waals surface area contributed by atoms with Crippen molar-refractivity contribution in [3.05, 3.63) is 51.9 Å². The van der Waals surface area contributed by atoms with Crippen LogP contribution in [-0.4, -0.2) is 16.6 Å². The highest BCUT2D eigenvalue weighted by Gasteiger charge is 2.06. The predicted molar refractivity (Wildman–Crippen MR) is 85.2 cm³/mol. The molecule has 0 unspecified atom stereocenters. The fourth-order valence-corrected chi connectivity index (χ4v) is 2.80. The van der Waals surface area contributed by atoms with Gasteiger partial charge >= 0.3 is 0 Å². The smallest absolute Gasteiger partial charge is 0.268 e. The van der Waals surface area contributed by atoms with Crippen molar-refractivity contribution in [3.8, 4) is 5.75 Å². The van der Waals surface area contributed by atoms with Crippen molar-refractivity contribution in [1.29, 1.82) is 0 Å². The lowest BCUT2D eigenvalue weighted by Crippen LogP contribution is -2.13. The second-order valence-electron chi connectivity index (χ2n) is 4.43. The number of nitrogens with zero attached hydrogens (tertiary/aromatic N) is 1. The number of anilines is 1. The molecule has 2 heterocycles. The molecule has 21 heavy (non-hydrogen) atoms. The molecule has 0 saturated heterocycles. The first kappa shape index (κ1) is 13.6. The van der Waals surface area contributed by atoms with Crippen molar-refractivity contribution in [2.45, 2.75) is 13.5 Å². The first-order chi connectivity index (χ1) is 10.3. The van der Waals surface area contributed by atoms with Crippen molar-refractivity contribution in [1.82, 2.24) is 9.97 Å². The van der Waals surface area contributed by atoms with Gasteiger partial charge in [0.1, 0.15) is 16.3 Å². The third kappa shape index (κ3) is 2.90. The standard InChI is InChI=1S/C15H15N3O2S/c1-2-20-12-6-4-3-5-10(12)16-9-13-17-11-7-8-21-14(11)15(19)18-13/h3-8,16H,2,9H2,1H3,(H,17,18,19). The Kier molecular flexibility index (Phi) is 3.87. The third-order valence-electron chi connectivity index (χ3n) is 3.00. The van der Waals surface area contributed by atoms with E-state index in [1.165, 1.54) is 11.3 Å². The minimum atomic E-state index is -0.0927. The molecule has 0 radical (unpaired) electrons. The van der Waals surface area contributed by atoms with Gasteiger partial charge in [0, 0.05) is 0 Å². The first-order valence-electron chi connectivity index (χ1n) is 6.70. The lowest BCUT2D eigenvalue weighted by Gasteiger charge is -2.11. The summed E-state index contributed by atoms with van der Waals surface area (Å²) < 4.78 is 6.21. The summed E-state index contributed by atoms with van der Waals surface area (Å²) in [7, 11) is 0. The Balaban J connectivity index is 1.82. The van der Waals surface area contributed by atoms with Gasteiger partial charge in [-0.25, -0.2) is 4.98 Å². The molecule has 0 aliphatic heterocycles. The van der Waals surface area contributed by atoms with Crippen LogP contribution in [0.15, 0.2) is 40.5 Å². The predicted octanol–water partition coefficient (Wildman–Crippen LogP) is 3.00. The van der Waals surface area contributed by atoms with Crippen LogP contribution in [0.3, 0.4) is 0 Å². The SMILES string of the molecule is CCOc1ccccc1NCc1nc2ccsc2c(=O)[nH]1.